The highest BCUT2D eigenvalue weighted by Gasteiger charge is 2.20. The van der Waals surface area contributed by atoms with Crippen LogP contribution in [0.5, 0.6) is 17.4 Å². The Balaban J connectivity index is 1.46. The normalized spacial score (nSPS) is 13.9. The lowest BCUT2D eigenvalue weighted by atomic mass is 10.0. The molecule has 1 aliphatic heterocycles. The quantitative estimate of drug-likeness (QED) is 0.339. The third kappa shape index (κ3) is 6.99. The van der Waals surface area contributed by atoms with Crippen molar-refractivity contribution in [1.29, 1.82) is 0 Å². The predicted octanol–water partition coefficient (Wildman–Crippen LogP) is 4.62. The van der Waals surface area contributed by atoms with Gasteiger partial charge in [-0.05, 0) is 69.4 Å². The van der Waals surface area contributed by atoms with Crippen LogP contribution < -0.4 is 25.4 Å². The maximum atomic E-state index is 12.8. The number of carbonyl (C=O) groups excluding carboxylic acids is 2. The Kier molecular flexibility index (Phi) is 8.77. The molecule has 0 aliphatic carbocycles. The lowest BCUT2D eigenvalue weighted by molar-refractivity contribution is -0.111. The summed E-state index contributed by atoms with van der Waals surface area (Å²) in [4.78, 5) is 35.2. The number of amides is 2. The molecule has 0 atom stereocenters. The van der Waals surface area contributed by atoms with Crippen LogP contribution in [0.4, 0.5) is 17.3 Å². The van der Waals surface area contributed by atoms with Gasteiger partial charge >= 0.3 is 0 Å². The van der Waals surface area contributed by atoms with Crippen LogP contribution in [0.2, 0.25) is 5.02 Å². The molecule has 1 aliphatic rings. The summed E-state index contributed by atoms with van der Waals surface area (Å²) in [5.74, 6) is 0.706. The molecule has 0 spiro atoms. The second-order valence-electron chi connectivity index (χ2n) is 8.76. The molecule has 3 N–H and O–H groups in total. The van der Waals surface area contributed by atoms with E-state index in [4.69, 9.17) is 21.1 Å². The van der Waals surface area contributed by atoms with E-state index >= 15 is 0 Å². The van der Waals surface area contributed by atoms with Crippen molar-refractivity contribution in [3.8, 4) is 17.4 Å². The number of methoxy groups -OCH3 is 1. The smallest absolute Gasteiger partial charge is 0.251 e. The highest BCUT2D eigenvalue weighted by molar-refractivity contribution is 6.31. The molecular formula is C27H29ClN6O4. The largest absolute Gasteiger partial charge is 0.495 e. The van der Waals surface area contributed by atoms with E-state index in [2.05, 4.69) is 44.4 Å². The molecule has 3 aromatic rings. The molecule has 38 heavy (non-hydrogen) atoms. The Morgan fingerprint density at radius 1 is 1.18 bits per heavy atom. The number of halogens is 1. The van der Waals surface area contributed by atoms with Gasteiger partial charge in [-0.15, -0.1) is 0 Å². The van der Waals surface area contributed by atoms with Gasteiger partial charge in [0.15, 0.2) is 0 Å². The molecule has 198 valence electrons. The number of hydrogen-bond donors (Lipinski definition) is 3. The first kappa shape index (κ1) is 26.9. The second-order valence-corrected chi connectivity index (χ2v) is 9.17. The zero-order chi connectivity index (χ0) is 27.1. The van der Waals surface area contributed by atoms with Crippen LogP contribution in [-0.2, 0) is 4.79 Å². The molecule has 0 unspecified atom stereocenters. The third-order valence-electron chi connectivity index (χ3n) is 5.98. The number of benzene rings is 2. The minimum Gasteiger partial charge on any atom is -0.495 e. The van der Waals surface area contributed by atoms with Crippen LogP contribution in [0, 0.1) is 0 Å². The van der Waals surface area contributed by atoms with Gasteiger partial charge in [0.05, 0.1) is 19.0 Å². The predicted molar refractivity (Wildman–Crippen MR) is 147 cm³/mol. The van der Waals surface area contributed by atoms with Crippen LogP contribution >= 0.6 is 11.6 Å². The maximum absolute atomic E-state index is 12.8. The first-order valence-corrected chi connectivity index (χ1v) is 12.4. The third-order valence-corrected chi connectivity index (χ3v) is 6.24. The van der Waals surface area contributed by atoms with E-state index in [1.54, 1.807) is 42.5 Å². The van der Waals surface area contributed by atoms with Gasteiger partial charge < -0.3 is 30.3 Å². The first-order valence-electron chi connectivity index (χ1n) is 12.0. The molecule has 11 heteroatoms. The number of aromatic nitrogens is 2. The number of nitrogens with one attached hydrogen (secondary N) is 3. The number of nitrogens with zero attached hydrogens (tertiary/aromatic N) is 3. The minimum absolute atomic E-state index is 0.115. The van der Waals surface area contributed by atoms with Crippen LogP contribution in [0.15, 0.2) is 61.3 Å². The van der Waals surface area contributed by atoms with Gasteiger partial charge in [-0.3, -0.25) is 9.59 Å². The Bertz CT molecular complexity index is 1330. The molecule has 0 radical (unpaired) electrons. The van der Waals surface area contributed by atoms with Crippen LogP contribution in [0.3, 0.4) is 0 Å². The number of piperidine rings is 1. The first-order chi connectivity index (χ1) is 18.3. The van der Waals surface area contributed by atoms with Crippen molar-refractivity contribution in [3.05, 3.63) is 71.9 Å². The van der Waals surface area contributed by atoms with Crippen LogP contribution in [0.25, 0.3) is 0 Å². The molecule has 1 fully saturated rings. The molecular weight excluding hydrogens is 508 g/mol. The highest BCUT2D eigenvalue weighted by atomic mass is 35.5. The average Bonchev–Trinajstić information content (AvgIpc) is 2.92. The fourth-order valence-corrected chi connectivity index (χ4v) is 4.03. The summed E-state index contributed by atoms with van der Waals surface area (Å²) in [7, 11) is 3.60. The van der Waals surface area contributed by atoms with E-state index in [0.29, 0.717) is 28.4 Å². The second kappa shape index (κ2) is 12.4. The molecule has 2 amide bonds. The summed E-state index contributed by atoms with van der Waals surface area (Å²) in [6.07, 6.45) is 4.43. The summed E-state index contributed by atoms with van der Waals surface area (Å²) in [6, 6.07) is 12.0. The van der Waals surface area contributed by atoms with E-state index in [1.807, 2.05) is 0 Å². The van der Waals surface area contributed by atoms with E-state index in [9.17, 15) is 9.59 Å². The average molecular weight is 537 g/mol. The van der Waals surface area contributed by atoms with E-state index in [1.165, 1.54) is 19.4 Å². The molecule has 2 aromatic carbocycles. The number of likely N-dealkylation sites (tertiary alicyclic amines) is 1. The van der Waals surface area contributed by atoms with E-state index in [-0.39, 0.29) is 34.7 Å². The molecule has 1 saturated heterocycles. The number of anilines is 3. The van der Waals surface area contributed by atoms with Crippen LogP contribution in [-0.4, -0.2) is 60.0 Å². The topological polar surface area (TPSA) is 118 Å². The fraction of sp³-hybridized carbons (Fsp3) is 0.259. The zero-order valence-corrected chi connectivity index (χ0v) is 21.9. The van der Waals surface area contributed by atoms with Crippen molar-refractivity contribution in [2.75, 3.05) is 37.9 Å². The lowest BCUT2D eigenvalue weighted by Crippen LogP contribution is -2.43. The van der Waals surface area contributed by atoms with Gasteiger partial charge in [0.25, 0.3) is 5.91 Å². The summed E-state index contributed by atoms with van der Waals surface area (Å²) >= 11 is 6.27. The molecule has 2 heterocycles. The fourth-order valence-electron chi connectivity index (χ4n) is 3.90. The Labute approximate surface area is 226 Å². The van der Waals surface area contributed by atoms with Gasteiger partial charge in [0.2, 0.25) is 17.7 Å². The lowest BCUT2D eigenvalue weighted by Gasteiger charge is -2.29. The van der Waals surface area contributed by atoms with Gasteiger partial charge in [-0.25, -0.2) is 4.98 Å². The van der Waals surface area contributed by atoms with Gasteiger partial charge in [-0.2, -0.15) is 4.98 Å². The molecule has 0 saturated carbocycles. The van der Waals surface area contributed by atoms with Crippen molar-refractivity contribution in [2.45, 2.75) is 18.9 Å². The van der Waals surface area contributed by atoms with Gasteiger partial charge in [0, 0.05) is 23.4 Å². The number of rotatable bonds is 9. The van der Waals surface area contributed by atoms with Crippen molar-refractivity contribution in [1.82, 2.24) is 20.2 Å². The van der Waals surface area contributed by atoms with Gasteiger partial charge in [0.1, 0.15) is 16.5 Å². The number of carbonyl (C=O) groups is 2. The Morgan fingerprint density at radius 2 is 1.97 bits per heavy atom. The summed E-state index contributed by atoms with van der Waals surface area (Å²) in [5, 5.41) is 9.05. The highest BCUT2D eigenvalue weighted by Crippen LogP contribution is 2.32. The summed E-state index contributed by atoms with van der Waals surface area (Å²) in [5.41, 5.74) is 1.59. The van der Waals surface area contributed by atoms with E-state index in [0.717, 1.165) is 25.9 Å². The number of hydrogen-bond acceptors (Lipinski definition) is 8. The van der Waals surface area contributed by atoms with Crippen molar-refractivity contribution < 1.29 is 19.1 Å². The zero-order valence-electron chi connectivity index (χ0n) is 21.2. The minimum atomic E-state index is -0.340. The van der Waals surface area contributed by atoms with E-state index < -0.39 is 0 Å². The van der Waals surface area contributed by atoms with Crippen molar-refractivity contribution in [3.63, 3.8) is 0 Å². The Hall–Kier alpha value is -4.15. The maximum Gasteiger partial charge on any atom is 0.251 e. The Morgan fingerprint density at radius 3 is 2.71 bits per heavy atom. The SMILES string of the molecule is C=CC(=O)Nc1cccc(Oc2nc(Nc3ccc(C(=O)NC4CCN(C)CC4)cc3OC)ncc2Cl)c1. The number of ether oxygens (including phenoxy) is 2. The van der Waals surface area contributed by atoms with Crippen molar-refractivity contribution >= 4 is 40.7 Å². The molecule has 1 aromatic heterocycles. The monoisotopic (exact) mass is 536 g/mol. The summed E-state index contributed by atoms with van der Waals surface area (Å²) < 4.78 is 11.4. The van der Waals surface area contributed by atoms with Crippen molar-refractivity contribution in [2.24, 2.45) is 0 Å². The van der Waals surface area contributed by atoms with Gasteiger partial charge in [-0.1, -0.05) is 24.2 Å². The summed E-state index contributed by atoms with van der Waals surface area (Å²) in [6.45, 7) is 5.36. The molecule has 4 rings (SSSR count). The standard InChI is InChI=1S/C27H29ClN6O4/c1-4-24(35)30-19-6-5-7-20(15-19)38-26-21(28)16-29-27(33-26)32-22-9-8-17(14-23(22)37-3)25(36)31-18-10-12-34(2)13-11-18/h4-9,14-16,18H,1,10-13H2,2-3H3,(H,30,35)(H,31,36)(H,29,32,33). The molecule has 10 nitrogen and oxygen atoms in total. The molecule has 0 bridgehead atoms. The van der Waals surface area contributed by atoms with Crippen LogP contribution in [0.1, 0.15) is 23.2 Å².